The molecule has 1 heterocycles. The number of esters is 1. The molecular formula is C25H26N2O6S. The second kappa shape index (κ2) is 9.92. The number of sulfonamides is 1. The Bertz CT molecular complexity index is 1330. The molecule has 0 aromatic heterocycles. The molecular weight excluding hydrogens is 456 g/mol. The molecule has 3 aromatic carbocycles. The fourth-order valence-electron chi connectivity index (χ4n) is 3.72. The van der Waals surface area contributed by atoms with Crippen LogP contribution in [0.3, 0.4) is 0 Å². The first-order valence-electron chi connectivity index (χ1n) is 10.9. The number of morpholine rings is 1. The van der Waals surface area contributed by atoms with Crippen molar-refractivity contribution in [3.8, 4) is 0 Å². The summed E-state index contributed by atoms with van der Waals surface area (Å²) in [5.41, 5.74) is 1.16. The zero-order valence-corrected chi connectivity index (χ0v) is 19.8. The molecule has 1 fully saturated rings. The third-order valence-corrected chi connectivity index (χ3v) is 7.72. The summed E-state index contributed by atoms with van der Waals surface area (Å²) in [7, 11) is -3.79. The Labute approximate surface area is 198 Å². The van der Waals surface area contributed by atoms with Gasteiger partial charge in [-0.05, 0) is 54.4 Å². The summed E-state index contributed by atoms with van der Waals surface area (Å²) in [6.07, 6.45) is -1.08. The summed E-state index contributed by atoms with van der Waals surface area (Å²) in [5, 5.41) is 4.76. The van der Waals surface area contributed by atoms with Gasteiger partial charge in [0.05, 0.1) is 23.7 Å². The molecule has 1 saturated heterocycles. The van der Waals surface area contributed by atoms with Crippen molar-refractivity contribution in [3.05, 3.63) is 71.8 Å². The number of ether oxygens (including phenoxy) is 2. The van der Waals surface area contributed by atoms with Crippen LogP contribution in [0.2, 0.25) is 0 Å². The first-order valence-corrected chi connectivity index (χ1v) is 12.4. The summed E-state index contributed by atoms with van der Waals surface area (Å²) < 4.78 is 38.0. The molecule has 34 heavy (non-hydrogen) atoms. The Kier molecular flexibility index (Phi) is 6.97. The molecule has 0 aliphatic carbocycles. The van der Waals surface area contributed by atoms with Crippen molar-refractivity contribution in [1.82, 2.24) is 4.31 Å². The number of nitrogens with one attached hydrogen (secondary N) is 1. The van der Waals surface area contributed by atoms with Crippen LogP contribution < -0.4 is 5.32 Å². The third-order valence-electron chi connectivity index (χ3n) is 5.68. The molecule has 0 radical (unpaired) electrons. The van der Waals surface area contributed by atoms with Crippen molar-refractivity contribution in [2.45, 2.75) is 24.8 Å². The number of amides is 1. The van der Waals surface area contributed by atoms with Gasteiger partial charge in [-0.3, -0.25) is 4.79 Å². The van der Waals surface area contributed by atoms with E-state index in [-0.39, 0.29) is 23.5 Å². The predicted molar refractivity (Wildman–Crippen MR) is 128 cm³/mol. The van der Waals surface area contributed by atoms with E-state index in [9.17, 15) is 18.0 Å². The predicted octanol–water partition coefficient (Wildman–Crippen LogP) is 3.35. The average Bonchev–Trinajstić information content (AvgIpc) is 2.84. The lowest BCUT2D eigenvalue weighted by atomic mass is 10.1. The zero-order valence-electron chi connectivity index (χ0n) is 19.0. The summed E-state index contributed by atoms with van der Waals surface area (Å²) in [6.45, 7) is 4.29. The lowest BCUT2D eigenvalue weighted by Gasteiger charge is -2.26. The van der Waals surface area contributed by atoms with Crippen LogP contribution >= 0.6 is 0 Å². The van der Waals surface area contributed by atoms with Crippen LogP contribution in [-0.4, -0.2) is 57.0 Å². The average molecular weight is 483 g/mol. The smallest absolute Gasteiger partial charge is 0.338 e. The highest BCUT2D eigenvalue weighted by Crippen LogP contribution is 2.23. The van der Waals surface area contributed by atoms with E-state index in [2.05, 4.69) is 5.32 Å². The number of anilines is 1. The fraction of sp³-hybridized carbons (Fsp3) is 0.280. The van der Waals surface area contributed by atoms with Gasteiger partial charge < -0.3 is 14.8 Å². The van der Waals surface area contributed by atoms with E-state index in [0.717, 1.165) is 10.8 Å². The number of carbonyl (C=O) groups excluding carboxylic acids is 2. The molecule has 8 nitrogen and oxygen atoms in total. The maximum atomic E-state index is 13.1. The monoisotopic (exact) mass is 482 g/mol. The molecule has 178 valence electrons. The van der Waals surface area contributed by atoms with Crippen LogP contribution in [-0.2, 0) is 24.3 Å². The van der Waals surface area contributed by atoms with E-state index in [4.69, 9.17) is 9.47 Å². The molecule has 0 saturated carbocycles. The fourth-order valence-corrected chi connectivity index (χ4v) is 5.38. The SMILES string of the molecule is Cc1ccc(C(=O)OC(C)C(=O)Nc2ccc3ccccc3c2)cc1S(=O)(=O)N1CCOCC1. The van der Waals surface area contributed by atoms with Crippen LogP contribution in [0, 0.1) is 6.92 Å². The maximum absolute atomic E-state index is 13.1. The van der Waals surface area contributed by atoms with E-state index in [1.807, 2.05) is 36.4 Å². The number of nitrogens with zero attached hydrogens (tertiary/aromatic N) is 1. The Balaban J connectivity index is 1.46. The van der Waals surface area contributed by atoms with E-state index in [0.29, 0.717) is 24.5 Å². The van der Waals surface area contributed by atoms with Crippen molar-refractivity contribution in [2.24, 2.45) is 0 Å². The Morgan fingerprint density at radius 1 is 1.00 bits per heavy atom. The largest absolute Gasteiger partial charge is 0.449 e. The lowest BCUT2D eigenvalue weighted by molar-refractivity contribution is -0.123. The minimum absolute atomic E-state index is 0.0390. The van der Waals surface area contributed by atoms with Crippen LogP contribution in [0.5, 0.6) is 0 Å². The van der Waals surface area contributed by atoms with Gasteiger partial charge >= 0.3 is 5.97 Å². The van der Waals surface area contributed by atoms with Crippen molar-refractivity contribution < 1.29 is 27.5 Å². The topological polar surface area (TPSA) is 102 Å². The van der Waals surface area contributed by atoms with Crippen LogP contribution in [0.4, 0.5) is 5.69 Å². The molecule has 1 unspecified atom stereocenters. The van der Waals surface area contributed by atoms with E-state index >= 15 is 0 Å². The lowest BCUT2D eigenvalue weighted by Crippen LogP contribution is -2.40. The zero-order chi connectivity index (χ0) is 24.3. The van der Waals surface area contributed by atoms with Gasteiger partial charge in [0, 0.05) is 18.8 Å². The summed E-state index contributed by atoms with van der Waals surface area (Å²) in [6, 6.07) is 17.6. The van der Waals surface area contributed by atoms with Gasteiger partial charge in [-0.2, -0.15) is 4.31 Å². The normalized spacial score (nSPS) is 15.6. The van der Waals surface area contributed by atoms with Gasteiger partial charge in [-0.1, -0.05) is 36.4 Å². The Morgan fingerprint density at radius 3 is 2.44 bits per heavy atom. The van der Waals surface area contributed by atoms with Crippen molar-refractivity contribution in [3.63, 3.8) is 0 Å². The van der Waals surface area contributed by atoms with E-state index in [1.165, 1.54) is 23.4 Å². The van der Waals surface area contributed by atoms with E-state index in [1.54, 1.807) is 19.1 Å². The second-order valence-electron chi connectivity index (χ2n) is 8.10. The number of rotatable bonds is 6. The van der Waals surface area contributed by atoms with Crippen molar-refractivity contribution >= 4 is 38.4 Å². The number of hydrogen-bond acceptors (Lipinski definition) is 6. The van der Waals surface area contributed by atoms with Gasteiger partial charge in [0.25, 0.3) is 5.91 Å². The van der Waals surface area contributed by atoms with Crippen molar-refractivity contribution in [2.75, 3.05) is 31.6 Å². The van der Waals surface area contributed by atoms with Crippen LogP contribution in [0.25, 0.3) is 10.8 Å². The first kappa shape index (κ1) is 23.9. The number of fused-ring (bicyclic) bond motifs is 1. The highest BCUT2D eigenvalue weighted by Gasteiger charge is 2.29. The van der Waals surface area contributed by atoms with Crippen LogP contribution in [0.1, 0.15) is 22.8 Å². The Hall–Kier alpha value is -3.27. The molecule has 4 rings (SSSR count). The second-order valence-corrected chi connectivity index (χ2v) is 10.0. The van der Waals surface area contributed by atoms with Crippen LogP contribution in [0.15, 0.2) is 65.6 Å². The van der Waals surface area contributed by atoms with Gasteiger partial charge in [0.15, 0.2) is 6.10 Å². The number of aryl methyl sites for hydroxylation is 1. The molecule has 1 atom stereocenters. The molecule has 1 aliphatic heterocycles. The van der Waals surface area contributed by atoms with Gasteiger partial charge in [0.2, 0.25) is 10.0 Å². The first-order chi connectivity index (χ1) is 16.3. The van der Waals surface area contributed by atoms with Gasteiger partial charge in [-0.15, -0.1) is 0 Å². The number of benzene rings is 3. The molecule has 1 aliphatic rings. The molecule has 0 spiro atoms. The standard InChI is InChI=1S/C25H26N2O6S/c1-17-7-8-21(16-23(17)34(30,31)27-11-13-32-14-12-27)25(29)33-18(2)24(28)26-22-10-9-19-5-3-4-6-20(19)15-22/h3-10,15-16,18H,11-14H2,1-2H3,(H,26,28). The highest BCUT2D eigenvalue weighted by molar-refractivity contribution is 7.89. The summed E-state index contributed by atoms with van der Waals surface area (Å²) in [5.74, 6) is -1.27. The minimum Gasteiger partial charge on any atom is -0.449 e. The van der Waals surface area contributed by atoms with E-state index < -0.39 is 28.0 Å². The highest BCUT2D eigenvalue weighted by atomic mass is 32.2. The van der Waals surface area contributed by atoms with Crippen molar-refractivity contribution in [1.29, 1.82) is 0 Å². The molecule has 3 aromatic rings. The Morgan fingerprint density at radius 2 is 1.71 bits per heavy atom. The van der Waals surface area contributed by atoms with Gasteiger partial charge in [-0.25, -0.2) is 13.2 Å². The summed E-state index contributed by atoms with van der Waals surface area (Å²) in [4.78, 5) is 25.4. The molecule has 1 amide bonds. The number of carbonyl (C=O) groups is 2. The minimum atomic E-state index is -3.79. The quantitative estimate of drug-likeness (QED) is 0.541. The summed E-state index contributed by atoms with van der Waals surface area (Å²) >= 11 is 0. The molecule has 0 bridgehead atoms. The third kappa shape index (κ3) is 5.11. The number of hydrogen-bond donors (Lipinski definition) is 1. The molecule has 9 heteroatoms. The molecule has 1 N–H and O–H groups in total. The maximum Gasteiger partial charge on any atom is 0.338 e. The van der Waals surface area contributed by atoms with Gasteiger partial charge in [0.1, 0.15) is 0 Å².